The highest BCUT2D eigenvalue weighted by Gasteiger charge is 2.45. The second-order valence-electron chi connectivity index (χ2n) is 2.69. The molecule has 78 valence electrons. The molecule has 0 heterocycles. The van der Waals surface area contributed by atoms with Gasteiger partial charge >= 0.3 is 0 Å². The molecule has 0 unspecified atom stereocenters. The highest BCUT2D eigenvalue weighted by Crippen LogP contribution is 2.43. The van der Waals surface area contributed by atoms with Crippen LogP contribution in [0.25, 0.3) is 0 Å². The lowest BCUT2D eigenvalue weighted by molar-refractivity contribution is 0.421. The van der Waals surface area contributed by atoms with Gasteiger partial charge in [0.2, 0.25) is 0 Å². The first-order chi connectivity index (χ1) is 6.34. The van der Waals surface area contributed by atoms with Crippen LogP contribution in [-0.4, -0.2) is 10.6 Å². The van der Waals surface area contributed by atoms with Crippen molar-refractivity contribution in [3.63, 3.8) is 0 Å². The minimum atomic E-state index is -2.47. The van der Waals surface area contributed by atoms with Crippen molar-refractivity contribution >= 4 is 29.1 Å². The predicted octanol–water partition coefficient (Wildman–Crippen LogP) is 3.89. The van der Waals surface area contributed by atoms with Gasteiger partial charge in [0.05, 0.1) is 0 Å². The molecule has 14 heavy (non-hydrogen) atoms. The summed E-state index contributed by atoms with van der Waals surface area (Å²) in [5.74, 6) is -6.71. The van der Waals surface area contributed by atoms with Crippen LogP contribution in [0.4, 0.5) is 17.6 Å². The van der Waals surface area contributed by atoms with Gasteiger partial charge in [-0.2, -0.15) is 4.51 Å². The standard InChI is InChI=1S/C7H3Cl2F4N/c1-7(8)5(12)2(10)4(14-9)3(11)6(7)13/h1H3. The molecule has 0 aromatic carbocycles. The summed E-state index contributed by atoms with van der Waals surface area (Å²) in [6.45, 7) is 0.781. The monoisotopic (exact) mass is 247 g/mol. The van der Waals surface area contributed by atoms with Gasteiger partial charge in [0.1, 0.15) is 0 Å². The average Bonchev–Trinajstić information content (AvgIpc) is 2.14. The fourth-order valence-electron chi connectivity index (χ4n) is 0.887. The minimum Gasteiger partial charge on any atom is -0.206 e. The van der Waals surface area contributed by atoms with E-state index in [1.807, 2.05) is 0 Å². The van der Waals surface area contributed by atoms with Gasteiger partial charge < -0.3 is 0 Å². The molecule has 1 aliphatic rings. The number of alkyl halides is 1. The lowest BCUT2D eigenvalue weighted by Crippen LogP contribution is -2.27. The lowest BCUT2D eigenvalue weighted by Gasteiger charge is -2.23. The summed E-state index contributed by atoms with van der Waals surface area (Å²) in [7, 11) is 0. The molecule has 0 bridgehead atoms. The van der Waals surface area contributed by atoms with Crippen LogP contribution in [0, 0.1) is 0 Å². The molecule has 0 saturated carbocycles. The first kappa shape index (κ1) is 11.5. The van der Waals surface area contributed by atoms with Crippen LogP contribution in [0.15, 0.2) is 27.8 Å². The maximum Gasteiger partial charge on any atom is 0.186 e. The first-order valence-corrected chi connectivity index (χ1v) is 4.05. The van der Waals surface area contributed by atoms with Crippen molar-refractivity contribution in [3.8, 4) is 0 Å². The fourth-order valence-corrected chi connectivity index (χ4v) is 1.20. The van der Waals surface area contributed by atoms with Crippen LogP contribution in [0.5, 0.6) is 0 Å². The topological polar surface area (TPSA) is 12.4 Å². The zero-order chi connectivity index (χ0) is 11.1. The van der Waals surface area contributed by atoms with E-state index in [4.69, 9.17) is 23.4 Å². The molecule has 1 aliphatic carbocycles. The van der Waals surface area contributed by atoms with Crippen LogP contribution in [0.2, 0.25) is 0 Å². The molecule has 0 spiro atoms. The van der Waals surface area contributed by atoms with Gasteiger partial charge in [0.15, 0.2) is 33.9 Å². The third kappa shape index (κ3) is 1.44. The Bertz CT molecular complexity index is 340. The Morgan fingerprint density at radius 3 is 1.71 bits per heavy atom. The van der Waals surface area contributed by atoms with Crippen LogP contribution in [0.1, 0.15) is 6.92 Å². The van der Waals surface area contributed by atoms with Crippen molar-refractivity contribution in [2.45, 2.75) is 11.8 Å². The van der Waals surface area contributed by atoms with Crippen LogP contribution in [0.3, 0.4) is 0 Å². The average molecular weight is 248 g/mol. The molecule has 0 saturated heterocycles. The van der Waals surface area contributed by atoms with E-state index < -0.39 is 33.9 Å². The minimum absolute atomic E-state index is 0.781. The van der Waals surface area contributed by atoms with Crippen LogP contribution in [-0.2, 0) is 0 Å². The molecule has 0 aromatic rings. The van der Waals surface area contributed by atoms with E-state index in [0.717, 1.165) is 6.92 Å². The summed E-state index contributed by atoms with van der Waals surface area (Å²) < 4.78 is 54.4. The summed E-state index contributed by atoms with van der Waals surface area (Å²) in [5.41, 5.74) is -1.22. The Morgan fingerprint density at radius 1 is 1.07 bits per heavy atom. The molecule has 0 atom stereocenters. The van der Waals surface area contributed by atoms with Crippen LogP contribution < -0.4 is 0 Å². The van der Waals surface area contributed by atoms with E-state index in [-0.39, 0.29) is 0 Å². The molecular weight excluding hydrogens is 245 g/mol. The van der Waals surface area contributed by atoms with E-state index in [0.29, 0.717) is 0 Å². The summed E-state index contributed by atoms with van der Waals surface area (Å²) >= 11 is 10.00. The molecule has 0 N–H and O–H groups in total. The Balaban J connectivity index is 3.45. The molecule has 0 aromatic heterocycles. The number of rotatable bonds is 0. The fraction of sp³-hybridized carbons (Fsp3) is 0.286. The zero-order valence-electron chi connectivity index (χ0n) is 6.72. The van der Waals surface area contributed by atoms with Crippen molar-refractivity contribution in [1.82, 2.24) is 0 Å². The van der Waals surface area contributed by atoms with Crippen LogP contribution >= 0.6 is 23.4 Å². The summed E-state index contributed by atoms with van der Waals surface area (Å²) in [6, 6.07) is 0. The van der Waals surface area contributed by atoms with Gasteiger partial charge in [-0.05, 0) is 6.92 Å². The normalized spacial score (nSPS) is 28.6. The highest BCUT2D eigenvalue weighted by molar-refractivity contribution is 6.31. The third-order valence-electron chi connectivity index (χ3n) is 1.71. The van der Waals surface area contributed by atoms with Gasteiger partial charge in [-0.1, -0.05) is 0 Å². The SMILES string of the molecule is CC1(Cl)C(F)=C(F)C(=NCl)C(F)=C1F. The number of nitrogens with zero attached hydrogens (tertiary/aromatic N) is 1. The van der Waals surface area contributed by atoms with E-state index in [2.05, 4.69) is 4.51 Å². The first-order valence-electron chi connectivity index (χ1n) is 3.34. The smallest absolute Gasteiger partial charge is 0.186 e. The van der Waals surface area contributed by atoms with Crippen molar-refractivity contribution in [1.29, 1.82) is 0 Å². The van der Waals surface area contributed by atoms with Crippen molar-refractivity contribution < 1.29 is 17.6 Å². The Hall–Kier alpha value is -0.550. The Kier molecular flexibility index (Phi) is 2.92. The predicted molar refractivity (Wildman–Crippen MR) is 46.0 cm³/mol. The van der Waals surface area contributed by atoms with E-state index in [1.165, 1.54) is 0 Å². The second kappa shape index (κ2) is 3.55. The molecule has 0 fully saturated rings. The molecule has 1 rings (SSSR count). The van der Waals surface area contributed by atoms with Gasteiger partial charge in [0, 0.05) is 11.8 Å². The Morgan fingerprint density at radius 2 is 1.43 bits per heavy atom. The summed E-state index contributed by atoms with van der Waals surface area (Å²) in [5, 5.41) is 0. The van der Waals surface area contributed by atoms with Crippen molar-refractivity contribution in [2.75, 3.05) is 0 Å². The van der Waals surface area contributed by atoms with E-state index in [1.54, 1.807) is 0 Å². The van der Waals surface area contributed by atoms with Crippen molar-refractivity contribution in [2.24, 2.45) is 4.51 Å². The molecule has 1 nitrogen and oxygen atoms in total. The molecule has 7 heteroatoms. The second-order valence-corrected chi connectivity index (χ2v) is 3.62. The van der Waals surface area contributed by atoms with E-state index >= 15 is 0 Å². The molecule has 0 amide bonds. The summed E-state index contributed by atoms with van der Waals surface area (Å²) in [4.78, 5) is -2.47. The number of hydrogen-bond donors (Lipinski definition) is 0. The molecule has 0 aliphatic heterocycles. The Labute approximate surface area is 86.8 Å². The quantitative estimate of drug-likeness (QED) is 0.455. The maximum atomic E-state index is 13.0. The largest absolute Gasteiger partial charge is 0.206 e. The number of hydrogen-bond acceptors (Lipinski definition) is 1. The zero-order valence-corrected chi connectivity index (χ0v) is 8.23. The lowest BCUT2D eigenvalue weighted by atomic mass is 9.99. The molecule has 0 radical (unpaired) electrons. The maximum absolute atomic E-state index is 13.0. The van der Waals surface area contributed by atoms with Gasteiger partial charge in [-0.3, -0.25) is 0 Å². The summed E-state index contributed by atoms with van der Waals surface area (Å²) in [6.07, 6.45) is 0. The molecular formula is C7H3Cl2F4N. The van der Waals surface area contributed by atoms with E-state index in [9.17, 15) is 17.6 Å². The van der Waals surface area contributed by atoms with Gasteiger partial charge in [0.25, 0.3) is 0 Å². The third-order valence-corrected chi connectivity index (χ3v) is 2.21. The number of halogens is 6. The number of allylic oxidation sites excluding steroid dienone is 4. The van der Waals surface area contributed by atoms with Crippen molar-refractivity contribution in [3.05, 3.63) is 23.3 Å². The van der Waals surface area contributed by atoms with Gasteiger partial charge in [-0.25, -0.2) is 17.6 Å². The highest BCUT2D eigenvalue weighted by atomic mass is 35.5. The van der Waals surface area contributed by atoms with Gasteiger partial charge in [-0.15, -0.1) is 11.6 Å².